The lowest BCUT2D eigenvalue weighted by atomic mass is 10.1. The first kappa shape index (κ1) is 15.3. The van der Waals surface area contributed by atoms with E-state index in [0.717, 1.165) is 30.0 Å². The van der Waals surface area contributed by atoms with Crippen LogP contribution in [0.1, 0.15) is 16.0 Å². The number of urea groups is 1. The second-order valence-corrected chi connectivity index (χ2v) is 6.02. The number of nitriles is 1. The normalized spacial score (nSPS) is 12.9. The summed E-state index contributed by atoms with van der Waals surface area (Å²) in [5.74, 6) is 0.473. The minimum absolute atomic E-state index is 0.403. The minimum atomic E-state index is -0.403. The van der Waals surface area contributed by atoms with Gasteiger partial charge in [-0.1, -0.05) is 0 Å². The monoisotopic (exact) mass is 329 g/mol. The molecule has 0 saturated heterocycles. The van der Waals surface area contributed by atoms with Crippen LogP contribution in [0.3, 0.4) is 0 Å². The molecule has 3 heterocycles. The summed E-state index contributed by atoms with van der Waals surface area (Å²) in [7, 11) is 1.53. The van der Waals surface area contributed by atoms with E-state index < -0.39 is 6.03 Å². The Labute approximate surface area is 137 Å². The van der Waals surface area contributed by atoms with Gasteiger partial charge in [0.25, 0.3) is 0 Å². The molecule has 2 amide bonds. The van der Waals surface area contributed by atoms with Gasteiger partial charge < -0.3 is 15.4 Å². The molecule has 8 heteroatoms. The number of carbonyl (C=O) groups is 1. The molecular formula is C15H15N5O2S. The van der Waals surface area contributed by atoms with E-state index >= 15 is 0 Å². The lowest BCUT2D eigenvalue weighted by Gasteiger charge is -2.11. The van der Waals surface area contributed by atoms with E-state index in [2.05, 4.69) is 27.0 Å². The Morgan fingerprint density at radius 1 is 1.48 bits per heavy atom. The highest BCUT2D eigenvalue weighted by Crippen LogP contribution is 2.34. The number of nitrogens with zero attached hydrogens (tertiary/aromatic N) is 2. The number of pyridine rings is 1. The molecule has 0 radical (unpaired) electrons. The van der Waals surface area contributed by atoms with Crippen LogP contribution in [0.5, 0.6) is 5.88 Å². The number of carbonyl (C=O) groups excluding carboxylic acids is 1. The third kappa shape index (κ3) is 3.26. The SMILES string of the molecule is COc1ccc(NC(=O)Nc2sc3c(c2C#N)CCNC3)cn1. The molecule has 1 aliphatic rings. The molecule has 0 saturated carbocycles. The maximum absolute atomic E-state index is 12.1. The number of methoxy groups -OCH3 is 1. The van der Waals surface area contributed by atoms with E-state index in [4.69, 9.17) is 4.74 Å². The van der Waals surface area contributed by atoms with Gasteiger partial charge in [0.2, 0.25) is 5.88 Å². The molecule has 0 spiro atoms. The van der Waals surface area contributed by atoms with Crippen LogP contribution in [0.15, 0.2) is 18.3 Å². The minimum Gasteiger partial charge on any atom is -0.481 e. The number of ether oxygens (including phenoxy) is 1. The molecule has 0 fully saturated rings. The largest absolute Gasteiger partial charge is 0.481 e. The van der Waals surface area contributed by atoms with Crippen molar-refractivity contribution < 1.29 is 9.53 Å². The fourth-order valence-electron chi connectivity index (χ4n) is 2.38. The van der Waals surface area contributed by atoms with E-state index in [-0.39, 0.29) is 0 Å². The van der Waals surface area contributed by atoms with Crippen molar-refractivity contribution in [3.05, 3.63) is 34.3 Å². The first-order valence-corrected chi connectivity index (χ1v) is 7.86. The summed E-state index contributed by atoms with van der Waals surface area (Å²) in [6.45, 7) is 1.59. The zero-order valence-electron chi connectivity index (χ0n) is 12.5. The van der Waals surface area contributed by atoms with Gasteiger partial charge >= 0.3 is 6.03 Å². The van der Waals surface area contributed by atoms with Crippen LogP contribution < -0.4 is 20.7 Å². The Hall–Kier alpha value is -2.63. The second-order valence-electron chi connectivity index (χ2n) is 4.91. The zero-order chi connectivity index (χ0) is 16.2. The van der Waals surface area contributed by atoms with Crippen LogP contribution in [0.2, 0.25) is 0 Å². The zero-order valence-corrected chi connectivity index (χ0v) is 13.3. The number of fused-ring (bicyclic) bond motifs is 1. The van der Waals surface area contributed by atoms with E-state index in [1.165, 1.54) is 24.6 Å². The van der Waals surface area contributed by atoms with Crippen molar-refractivity contribution in [3.8, 4) is 11.9 Å². The Morgan fingerprint density at radius 3 is 3.04 bits per heavy atom. The summed E-state index contributed by atoms with van der Waals surface area (Å²) < 4.78 is 4.97. The number of amides is 2. The third-order valence-corrected chi connectivity index (χ3v) is 4.62. The molecule has 3 N–H and O–H groups in total. The van der Waals surface area contributed by atoms with Crippen molar-refractivity contribution in [3.63, 3.8) is 0 Å². The van der Waals surface area contributed by atoms with E-state index in [9.17, 15) is 10.1 Å². The molecule has 7 nitrogen and oxygen atoms in total. The summed E-state index contributed by atoms with van der Waals surface area (Å²) >= 11 is 1.44. The van der Waals surface area contributed by atoms with Crippen LogP contribution >= 0.6 is 11.3 Å². The number of nitrogens with one attached hydrogen (secondary N) is 3. The van der Waals surface area contributed by atoms with Gasteiger partial charge in [0, 0.05) is 17.5 Å². The van der Waals surface area contributed by atoms with Gasteiger partial charge in [-0.05, 0) is 24.6 Å². The fraction of sp³-hybridized carbons (Fsp3) is 0.267. The van der Waals surface area contributed by atoms with E-state index in [1.54, 1.807) is 12.1 Å². The molecule has 0 aromatic carbocycles. The smallest absolute Gasteiger partial charge is 0.324 e. The highest BCUT2D eigenvalue weighted by atomic mass is 32.1. The maximum atomic E-state index is 12.1. The van der Waals surface area contributed by atoms with Crippen molar-refractivity contribution in [2.45, 2.75) is 13.0 Å². The quantitative estimate of drug-likeness (QED) is 0.802. The predicted molar refractivity (Wildman–Crippen MR) is 87.9 cm³/mol. The second kappa shape index (κ2) is 6.64. The highest BCUT2D eigenvalue weighted by Gasteiger charge is 2.21. The van der Waals surface area contributed by atoms with Crippen molar-refractivity contribution in [2.75, 3.05) is 24.3 Å². The van der Waals surface area contributed by atoms with Crippen molar-refractivity contribution in [1.29, 1.82) is 5.26 Å². The van der Waals surface area contributed by atoms with Gasteiger partial charge in [-0.15, -0.1) is 11.3 Å². The van der Waals surface area contributed by atoms with Gasteiger partial charge in [0.05, 0.1) is 24.6 Å². The fourth-order valence-corrected chi connectivity index (χ4v) is 3.54. The molecule has 118 valence electrons. The predicted octanol–water partition coefficient (Wildman–Crippen LogP) is 2.31. The molecule has 0 unspecified atom stereocenters. The van der Waals surface area contributed by atoms with Crippen molar-refractivity contribution in [1.82, 2.24) is 10.3 Å². The Kier molecular flexibility index (Phi) is 4.41. The average Bonchev–Trinajstić information content (AvgIpc) is 2.92. The van der Waals surface area contributed by atoms with Gasteiger partial charge in [0.15, 0.2) is 0 Å². The van der Waals surface area contributed by atoms with Crippen LogP contribution in [-0.4, -0.2) is 24.7 Å². The number of thiophene rings is 1. The molecule has 23 heavy (non-hydrogen) atoms. The van der Waals surface area contributed by atoms with Gasteiger partial charge in [-0.3, -0.25) is 5.32 Å². The summed E-state index contributed by atoms with van der Waals surface area (Å²) in [5, 5.41) is 18.7. The highest BCUT2D eigenvalue weighted by molar-refractivity contribution is 7.16. The summed E-state index contributed by atoms with van der Waals surface area (Å²) in [4.78, 5) is 17.2. The number of aromatic nitrogens is 1. The lowest BCUT2D eigenvalue weighted by molar-refractivity contribution is 0.262. The number of rotatable bonds is 3. The van der Waals surface area contributed by atoms with Crippen LogP contribution in [0, 0.1) is 11.3 Å². The van der Waals surface area contributed by atoms with E-state index in [0.29, 0.717) is 22.1 Å². The van der Waals surface area contributed by atoms with Crippen molar-refractivity contribution >= 4 is 28.1 Å². The number of anilines is 2. The summed E-state index contributed by atoms with van der Waals surface area (Å²) in [5.41, 5.74) is 2.15. The number of hydrogen-bond donors (Lipinski definition) is 3. The summed E-state index contributed by atoms with van der Waals surface area (Å²) in [6, 6.07) is 5.15. The molecular weight excluding hydrogens is 314 g/mol. The van der Waals surface area contributed by atoms with Crippen LogP contribution in [0.4, 0.5) is 15.5 Å². The maximum Gasteiger partial charge on any atom is 0.324 e. The molecule has 2 aromatic heterocycles. The lowest BCUT2D eigenvalue weighted by Crippen LogP contribution is -2.22. The Balaban J connectivity index is 1.72. The van der Waals surface area contributed by atoms with Gasteiger partial charge in [-0.25, -0.2) is 9.78 Å². The molecule has 0 bridgehead atoms. The van der Waals surface area contributed by atoms with E-state index in [1.807, 2.05) is 0 Å². The molecule has 0 atom stereocenters. The standard InChI is InChI=1S/C15H15N5O2S/c1-22-13-3-2-9(7-18-13)19-15(21)20-14-11(6-16)10-4-5-17-8-12(10)23-14/h2-3,7,17H,4-5,8H2,1H3,(H2,19,20,21). The molecule has 2 aromatic rings. The topological polar surface area (TPSA) is 99.1 Å². The summed E-state index contributed by atoms with van der Waals surface area (Å²) in [6.07, 6.45) is 2.31. The Bertz CT molecular complexity index is 763. The van der Waals surface area contributed by atoms with Crippen LogP contribution in [0.25, 0.3) is 0 Å². The first-order chi connectivity index (χ1) is 11.2. The van der Waals surface area contributed by atoms with Gasteiger partial charge in [0.1, 0.15) is 11.1 Å². The Morgan fingerprint density at radius 2 is 2.35 bits per heavy atom. The third-order valence-electron chi connectivity index (χ3n) is 3.47. The van der Waals surface area contributed by atoms with Crippen LogP contribution in [-0.2, 0) is 13.0 Å². The number of hydrogen-bond acceptors (Lipinski definition) is 6. The molecule has 1 aliphatic heterocycles. The molecule has 3 rings (SSSR count). The molecule has 0 aliphatic carbocycles. The van der Waals surface area contributed by atoms with Gasteiger partial charge in [-0.2, -0.15) is 5.26 Å². The first-order valence-electron chi connectivity index (χ1n) is 7.04. The average molecular weight is 329 g/mol. The van der Waals surface area contributed by atoms with Crippen molar-refractivity contribution in [2.24, 2.45) is 0 Å².